The highest BCUT2D eigenvalue weighted by molar-refractivity contribution is 5.50. The number of aliphatic hydroxyl groups excluding tert-OH is 4. The summed E-state index contributed by atoms with van der Waals surface area (Å²) in [4.78, 5) is 11.6. The molecule has 4 N–H and O–H groups in total. The molecule has 1 fully saturated rings. The lowest BCUT2D eigenvalue weighted by Gasteiger charge is -2.23. The molecule has 13 heavy (non-hydrogen) atoms. The summed E-state index contributed by atoms with van der Waals surface area (Å²) in [6.07, 6.45) is -2.00. The van der Waals surface area contributed by atoms with Gasteiger partial charge < -0.3 is 25.3 Å². The SMILES string of the molecule is O=CN1C(CO)C(O)C(O)C1CO. The molecule has 4 unspecified atom stereocenters. The first-order valence-electron chi connectivity index (χ1n) is 3.98. The number of nitrogens with zero attached hydrogens (tertiary/aromatic N) is 1. The average Bonchev–Trinajstić information content (AvgIpc) is 2.38. The smallest absolute Gasteiger partial charge is 0.210 e. The normalized spacial score (nSPS) is 39.5. The van der Waals surface area contributed by atoms with Crippen molar-refractivity contribution in [3.63, 3.8) is 0 Å². The number of amides is 1. The van der Waals surface area contributed by atoms with Crippen molar-refractivity contribution in [2.45, 2.75) is 24.3 Å². The Labute approximate surface area is 75.0 Å². The molecule has 0 aliphatic carbocycles. The highest BCUT2D eigenvalue weighted by atomic mass is 16.3. The Morgan fingerprint density at radius 3 is 1.69 bits per heavy atom. The van der Waals surface area contributed by atoms with Crippen molar-refractivity contribution in [1.82, 2.24) is 4.90 Å². The van der Waals surface area contributed by atoms with Crippen molar-refractivity contribution in [1.29, 1.82) is 0 Å². The highest BCUT2D eigenvalue weighted by Crippen LogP contribution is 2.22. The summed E-state index contributed by atoms with van der Waals surface area (Å²) in [5, 5.41) is 36.3. The Morgan fingerprint density at radius 2 is 1.46 bits per heavy atom. The topological polar surface area (TPSA) is 101 Å². The lowest BCUT2D eigenvalue weighted by molar-refractivity contribution is -0.123. The summed E-state index contributed by atoms with van der Waals surface area (Å²) in [6.45, 7) is -0.874. The zero-order valence-corrected chi connectivity index (χ0v) is 6.95. The lowest BCUT2D eigenvalue weighted by atomic mass is 10.1. The molecule has 1 aliphatic heterocycles. The fourth-order valence-electron chi connectivity index (χ4n) is 1.61. The van der Waals surface area contributed by atoms with Gasteiger partial charge in [-0.15, -0.1) is 0 Å². The van der Waals surface area contributed by atoms with Crippen LogP contribution in [0.4, 0.5) is 0 Å². The van der Waals surface area contributed by atoms with Crippen LogP contribution in [0.5, 0.6) is 0 Å². The first kappa shape index (κ1) is 10.4. The molecule has 1 aliphatic rings. The minimum atomic E-state index is -1.20. The van der Waals surface area contributed by atoms with Gasteiger partial charge in [0.15, 0.2) is 0 Å². The van der Waals surface area contributed by atoms with E-state index in [1.165, 1.54) is 0 Å². The van der Waals surface area contributed by atoms with Gasteiger partial charge in [0.05, 0.1) is 25.3 Å². The van der Waals surface area contributed by atoms with E-state index in [-0.39, 0.29) is 0 Å². The van der Waals surface area contributed by atoms with Crippen LogP contribution in [0.25, 0.3) is 0 Å². The van der Waals surface area contributed by atoms with Gasteiger partial charge in [0.1, 0.15) is 12.2 Å². The fraction of sp³-hybridized carbons (Fsp3) is 0.857. The maximum atomic E-state index is 10.5. The molecule has 0 spiro atoms. The average molecular weight is 191 g/mol. The van der Waals surface area contributed by atoms with E-state index in [0.29, 0.717) is 6.41 Å². The van der Waals surface area contributed by atoms with Crippen LogP contribution in [0.1, 0.15) is 0 Å². The number of hydrogen-bond acceptors (Lipinski definition) is 5. The van der Waals surface area contributed by atoms with Crippen LogP contribution in [0.15, 0.2) is 0 Å². The van der Waals surface area contributed by atoms with Gasteiger partial charge in [-0.3, -0.25) is 4.79 Å². The van der Waals surface area contributed by atoms with Gasteiger partial charge in [0, 0.05) is 0 Å². The van der Waals surface area contributed by atoms with Crippen molar-refractivity contribution in [2.75, 3.05) is 13.2 Å². The Balaban J connectivity index is 2.82. The summed E-state index contributed by atoms with van der Waals surface area (Å²) < 4.78 is 0. The summed E-state index contributed by atoms with van der Waals surface area (Å²) in [7, 11) is 0. The fourth-order valence-corrected chi connectivity index (χ4v) is 1.61. The molecule has 0 radical (unpaired) electrons. The van der Waals surface area contributed by atoms with Crippen molar-refractivity contribution in [2.24, 2.45) is 0 Å². The molecular weight excluding hydrogens is 178 g/mol. The highest BCUT2D eigenvalue weighted by Gasteiger charge is 2.46. The molecule has 4 atom stereocenters. The van der Waals surface area contributed by atoms with E-state index in [0.717, 1.165) is 4.90 Å². The third-order valence-corrected chi connectivity index (χ3v) is 2.40. The maximum absolute atomic E-state index is 10.5. The molecule has 0 aromatic heterocycles. The molecule has 1 amide bonds. The van der Waals surface area contributed by atoms with Gasteiger partial charge in [0.25, 0.3) is 0 Å². The largest absolute Gasteiger partial charge is 0.394 e. The minimum absolute atomic E-state index is 0.404. The molecule has 0 saturated carbocycles. The first-order valence-corrected chi connectivity index (χ1v) is 3.98. The van der Waals surface area contributed by atoms with Crippen LogP contribution in [0, 0.1) is 0 Å². The molecule has 1 saturated heterocycles. The van der Waals surface area contributed by atoms with E-state index in [4.69, 9.17) is 10.2 Å². The standard InChI is InChI=1S/C7H13NO5/c9-1-4-6(12)7(13)5(2-10)8(4)3-11/h3-7,9-10,12-13H,1-2H2. The quantitative estimate of drug-likeness (QED) is 0.354. The van der Waals surface area contributed by atoms with Crippen LogP contribution < -0.4 is 0 Å². The van der Waals surface area contributed by atoms with Crippen LogP contribution in [-0.4, -0.2) is 69.2 Å². The van der Waals surface area contributed by atoms with Gasteiger partial charge in [-0.2, -0.15) is 0 Å². The monoisotopic (exact) mass is 191 g/mol. The van der Waals surface area contributed by atoms with Crippen molar-refractivity contribution in [3.8, 4) is 0 Å². The van der Waals surface area contributed by atoms with E-state index >= 15 is 0 Å². The lowest BCUT2D eigenvalue weighted by Crippen LogP contribution is -2.41. The Hall–Kier alpha value is -0.690. The Morgan fingerprint density at radius 1 is 1.08 bits per heavy atom. The van der Waals surface area contributed by atoms with Crippen LogP contribution in [0.3, 0.4) is 0 Å². The van der Waals surface area contributed by atoms with Gasteiger partial charge in [-0.25, -0.2) is 0 Å². The molecular formula is C7H13NO5. The summed E-state index contributed by atoms with van der Waals surface area (Å²) in [6, 6.07) is -1.66. The van der Waals surface area contributed by atoms with Crippen molar-refractivity contribution in [3.05, 3.63) is 0 Å². The summed E-state index contributed by atoms with van der Waals surface area (Å²) in [5.41, 5.74) is 0. The number of carbonyl (C=O) groups excluding carboxylic acids is 1. The maximum Gasteiger partial charge on any atom is 0.210 e. The van der Waals surface area contributed by atoms with Crippen molar-refractivity contribution >= 4 is 6.41 Å². The third kappa shape index (κ3) is 1.53. The summed E-state index contributed by atoms with van der Waals surface area (Å²) in [5.74, 6) is 0. The van der Waals surface area contributed by atoms with Gasteiger partial charge in [-0.1, -0.05) is 0 Å². The predicted molar refractivity (Wildman–Crippen MR) is 41.7 cm³/mol. The second-order valence-corrected chi connectivity index (χ2v) is 3.03. The molecule has 76 valence electrons. The second-order valence-electron chi connectivity index (χ2n) is 3.03. The van der Waals surface area contributed by atoms with E-state index in [2.05, 4.69) is 0 Å². The summed E-state index contributed by atoms with van der Waals surface area (Å²) >= 11 is 0. The minimum Gasteiger partial charge on any atom is -0.394 e. The molecule has 1 rings (SSSR count). The van der Waals surface area contributed by atoms with Gasteiger partial charge >= 0.3 is 0 Å². The molecule has 1 heterocycles. The molecule has 0 aromatic rings. The van der Waals surface area contributed by atoms with Gasteiger partial charge in [0.2, 0.25) is 6.41 Å². The first-order chi connectivity index (χ1) is 6.17. The van der Waals surface area contributed by atoms with E-state index in [1.807, 2.05) is 0 Å². The third-order valence-electron chi connectivity index (χ3n) is 2.40. The molecule has 0 aromatic carbocycles. The van der Waals surface area contributed by atoms with Crippen molar-refractivity contribution < 1.29 is 25.2 Å². The Kier molecular flexibility index (Phi) is 3.21. The molecule has 6 heteroatoms. The number of likely N-dealkylation sites (tertiary alicyclic amines) is 1. The number of hydrogen-bond donors (Lipinski definition) is 4. The van der Waals surface area contributed by atoms with Crippen LogP contribution >= 0.6 is 0 Å². The van der Waals surface area contributed by atoms with E-state index in [9.17, 15) is 15.0 Å². The zero-order valence-electron chi connectivity index (χ0n) is 6.95. The number of carbonyl (C=O) groups is 1. The molecule has 0 bridgehead atoms. The number of aliphatic hydroxyl groups is 4. The van der Waals surface area contributed by atoms with E-state index in [1.54, 1.807) is 0 Å². The predicted octanol–water partition coefficient (Wildman–Crippen LogP) is -3.10. The van der Waals surface area contributed by atoms with Crippen LogP contribution in [0.2, 0.25) is 0 Å². The van der Waals surface area contributed by atoms with Gasteiger partial charge in [-0.05, 0) is 0 Å². The molecule has 6 nitrogen and oxygen atoms in total. The van der Waals surface area contributed by atoms with Crippen LogP contribution in [-0.2, 0) is 4.79 Å². The second kappa shape index (κ2) is 4.01. The number of rotatable bonds is 3. The zero-order chi connectivity index (χ0) is 10.0. The Bertz CT molecular complexity index is 172. The van der Waals surface area contributed by atoms with E-state index < -0.39 is 37.5 Å².